The second-order valence-electron chi connectivity index (χ2n) is 6.38. The van der Waals surface area contributed by atoms with E-state index in [9.17, 15) is 8.42 Å². The maximum absolute atomic E-state index is 12.9. The Labute approximate surface area is 155 Å². The van der Waals surface area contributed by atoms with Gasteiger partial charge in [0.05, 0.1) is 17.2 Å². The molecular formula is C19H25N3O3S. The molecule has 0 radical (unpaired) electrons. The van der Waals surface area contributed by atoms with Gasteiger partial charge in [0.1, 0.15) is 0 Å². The van der Waals surface area contributed by atoms with Gasteiger partial charge < -0.3 is 15.0 Å². The highest BCUT2D eigenvalue weighted by molar-refractivity contribution is 7.92. The van der Waals surface area contributed by atoms with Crippen molar-refractivity contribution < 1.29 is 13.2 Å². The van der Waals surface area contributed by atoms with Gasteiger partial charge in [-0.2, -0.15) is 0 Å². The van der Waals surface area contributed by atoms with Crippen LogP contribution in [0.3, 0.4) is 0 Å². The molecular weight excluding hydrogens is 350 g/mol. The molecule has 7 heteroatoms. The van der Waals surface area contributed by atoms with Crippen molar-refractivity contribution in [1.82, 2.24) is 5.32 Å². The molecule has 0 amide bonds. The molecule has 0 aliphatic carbocycles. The highest BCUT2D eigenvalue weighted by Crippen LogP contribution is 2.27. The molecule has 2 aromatic rings. The third-order valence-corrected chi connectivity index (χ3v) is 5.87. The SMILES string of the molecule is COCc1ccccc1NS(=O)(=O)c1ccc(C)c(N2CCNCC2)c1. The van der Waals surface area contributed by atoms with Crippen LogP contribution in [-0.2, 0) is 21.4 Å². The first-order chi connectivity index (χ1) is 12.5. The molecule has 0 bridgehead atoms. The predicted octanol–water partition coefficient (Wildman–Crippen LogP) is 2.35. The summed E-state index contributed by atoms with van der Waals surface area (Å²) < 4.78 is 33.7. The average Bonchev–Trinajstić information content (AvgIpc) is 2.64. The number of aryl methyl sites for hydroxylation is 1. The van der Waals surface area contributed by atoms with Crippen LogP contribution < -0.4 is 14.9 Å². The summed E-state index contributed by atoms with van der Waals surface area (Å²) in [5.41, 5.74) is 3.39. The fourth-order valence-electron chi connectivity index (χ4n) is 3.11. The van der Waals surface area contributed by atoms with Crippen molar-refractivity contribution in [1.29, 1.82) is 0 Å². The van der Waals surface area contributed by atoms with E-state index in [1.807, 2.05) is 25.1 Å². The van der Waals surface area contributed by atoms with E-state index in [-0.39, 0.29) is 4.90 Å². The van der Waals surface area contributed by atoms with Crippen LogP contribution in [0.1, 0.15) is 11.1 Å². The van der Waals surface area contributed by atoms with E-state index < -0.39 is 10.0 Å². The van der Waals surface area contributed by atoms with Gasteiger partial charge in [0, 0.05) is 44.5 Å². The van der Waals surface area contributed by atoms with Crippen molar-refractivity contribution in [2.24, 2.45) is 0 Å². The maximum atomic E-state index is 12.9. The molecule has 1 heterocycles. The quantitative estimate of drug-likeness (QED) is 0.811. The van der Waals surface area contributed by atoms with Crippen molar-refractivity contribution in [2.75, 3.05) is 42.9 Å². The van der Waals surface area contributed by atoms with Crippen molar-refractivity contribution in [2.45, 2.75) is 18.4 Å². The fraction of sp³-hybridized carbons (Fsp3) is 0.368. The molecule has 0 unspecified atom stereocenters. The molecule has 140 valence electrons. The highest BCUT2D eigenvalue weighted by atomic mass is 32.2. The summed E-state index contributed by atoms with van der Waals surface area (Å²) in [6, 6.07) is 12.6. The van der Waals surface area contributed by atoms with E-state index in [0.29, 0.717) is 12.3 Å². The standard InChI is InChI=1S/C19H25N3O3S/c1-15-7-8-17(13-19(15)22-11-9-20-10-12-22)26(23,24)21-18-6-4-3-5-16(18)14-25-2/h3-8,13,20-21H,9-12,14H2,1-2H3. The number of para-hydroxylation sites is 1. The summed E-state index contributed by atoms with van der Waals surface area (Å²) >= 11 is 0. The van der Waals surface area contributed by atoms with Crippen LogP contribution in [0.25, 0.3) is 0 Å². The lowest BCUT2D eigenvalue weighted by Gasteiger charge is -2.31. The van der Waals surface area contributed by atoms with Crippen LogP contribution in [-0.4, -0.2) is 41.7 Å². The Morgan fingerprint density at radius 1 is 1.15 bits per heavy atom. The number of anilines is 2. The lowest BCUT2D eigenvalue weighted by Crippen LogP contribution is -2.43. The van der Waals surface area contributed by atoms with Crippen LogP contribution in [0, 0.1) is 6.92 Å². The Morgan fingerprint density at radius 2 is 1.88 bits per heavy atom. The van der Waals surface area contributed by atoms with Gasteiger partial charge in [-0.25, -0.2) is 8.42 Å². The summed E-state index contributed by atoms with van der Waals surface area (Å²) in [7, 11) is -2.09. The summed E-state index contributed by atoms with van der Waals surface area (Å²) in [5.74, 6) is 0. The number of benzene rings is 2. The van der Waals surface area contributed by atoms with Crippen molar-refractivity contribution >= 4 is 21.4 Å². The molecule has 1 saturated heterocycles. The minimum atomic E-state index is -3.68. The normalized spacial score (nSPS) is 15.1. The molecule has 0 spiro atoms. The zero-order valence-electron chi connectivity index (χ0n) is 15.2. The lowest BCUT2D eigenvalue weighted by molar-refractivity contribution is 0.185. The smallest absolute Gasteiger partial charge is 0.261 e. The van der Waals surface area contributed by atoms with Crippen LogP contribution >= 0.6 is 0 Å². The zero-order valence-corrected chi connectivity index (χ0v) is 16.0. The topological polar surface area (TPSA) is 70.7 Å². The Morgan fingerprint density at radius 3 is 2.62 bits per heavy atom. The second kappa shape index (κ2) is 8.07. The number of sulfonamides is 1. The molecule has 1 aliphatic heterocycles. The van der Waals surface area contributed by atoms with Gasteiger partial charge in [-0.15, -0.1) is 0 Å². The maximum Gasteiger partial charge on any atom is 0.261 e. The first-order valence-electron chi connectivity index (χ1n) is 8.67. The van der Waals surface area contributed by atoms with Gasteiger partial charge in [0.25, 0.3) is 10.0 Å². The third-order valence-electron chi connectivity index (χ3n) is 4.51. The van der Waals surface area contributed by atoms with Gasteiger partial charge in [-0.1, -0.05) is 24.3 Å². The number of rotatable bonds is 6. The minimum absolute atomic E-state index is 0.267. The van der Waals surface area contributed by atoms with E-state index in [0.717, 1.165) is 43.0 Å². The number of piperazine rings is 1. The summed E-state index contributed by atoms with van der Waals surface area (Å²) in [4.78, 5) is 2.49. The van der Waals surface area contributed by atoms with Crippen molar-refractivity contribution in [3.63, 3.8) is 0 Å². The Bertz CT molecular complexity index is 862. The van der Waals surface area contributed by atoms with Crippen LogP contribution in [0.4, 0.5) is 11.4 Å². The molecule has 3 rings (SSSR count). The number of methoxy groups -OCH3 is 1. The molecule has 0 atom stereocenters. The van der Waals surface area contributed by atoms with Gasteiger partial charge in [0.15, 0.2) is 0 Å². The van der Waals surface area contributed by atoms with Crippen LogP contribution in [0.2, 0.25) is 0 Å². The molecule has 2 aromatic carbocycles. The van der Waals surface area contributed by atoms with Gasteiger partial charge >= 0.3 is 0 Å². The first-order valence-corrected chi connectivity index (χ1v) is 10.2. The monoisotopic (exact) mass is 375 g/mol. The Balaban J connectivity index is 1.90. The minimum Gasteiger partial charge on any atom is -0.380 e. The fourth-order valence-corrected chi connectivity index (χ4v) is 4.23. The van der Waals surface area contributed by atoms with E-state index in [1.54, 1.807) is 31.4 Å². The van der Waals surface area contributed by atoms with Gasteiger partial charge in [-0.3, -0.25) is 4.72 Å². The summed E-state index contributed by atoms with van der Waals surface area (Å²) in [5, 5.41) is 3.32. The molecule has 26 heavy (non-hydrogen) atoms. The number of ether oxygens (including phenoxy) is 1. The Kier molecular flexibility index (Phi) is 5.80. The van der Waals surface area contributed by atoms with Crippen LogP contribution in [0.15, 0.2) is 47.4 Å². The average molecular weight is 375 g/mol. The molecule has 0 aromatic heterocycles. The molecule has 0 saturated carbocycles. The Hall–Kier alpha value is -2.09. The summed E-state index contributed by atoms with van der Waals surface area (Å²) in [6.07, 6.45) is 0. The van der Waals surface area contributed by atoms with E-state index >= 15 is 0 Å². The largest absolute Gasteiger partial charge is 0.380 e. The molecule has 2 N–H and O–H groups in total. The number of hydrogen-bond donors (Lipinski definition) is 2. The van der Waals surface area contributed by atoms with Gasteiger partial charge in [-0.05, 0) is 30.7 Å². The zero-order chi connectivity index (χ0) is 18.6. The first kappa shape index (κ1) is 18.7. The molecule has 6 nitrogen and oxygen atoms in total. The van der Waals surface area contributed by atoms with E-state index in [1.165, 1.54) is 0 Å². The van der Waals surface area contributed by atoms with Crippen molar-refractivity contribution in [3.05, 3.63) is 53.6 Å². The highest BCUT2D eigenvalue weighted by Gasteiger charge is 2.20. The molecule has 1 fully saturated rings. The van der Waals surface area contributed by atoms with E-state index in [2.05, 4.69) is 14.9 Å². The molecule has 1 aliphatic rings. The summed E-state index contributed by atoms with van der Waals surface area (Å²) in [6.45, 7) is 5.90. The second-order valence-corrected chi connectivity index (χ2v) is 8.06. The van der Waals surface area contributed by atoms with E-state index in [4.69, 9.17) is 4.74 Å². The number of hydrogen-bond acceptors (Lipinski definition) is 5. The number of nitrogens with one attached hydrogen (secondary N) is 2. The van der Waals surface area contributed by atoms with Crippen molar-refractivity contribution in [3.8, 4) is 0 Å². The van der Waals surface area contributed by atoms with Crippen LogP contribution in [0.5, 0.6) is 0 Å². The lowest BCUT2D eigenvalue weighted by atomic mass is 10.1. The third kappa shape index (κ3) is 4.17. The number of nitrogens with zero attached hydrogens (tertiary/aromatic N) is 1. The predicted molar refractivity (Wildman–Crippen MR) is 104 cm³/mol. The van der Waals surface area contributed by atoms with Gasteiger partial charge in [0.2, 0.25) is 0 Å².